The molecular weight excluding hydrogens is 565 g/mol. The fourth-order valence-electron chi connectivity index (χ4n) is 7.48. The topological polar surface area (TPSA) is 93.1 Å². The van der Waals surface area contributed by atoms with Gasteiger partial charge in [0.1, 0.15) is 6.04 Å². The lowest BCUT2D eigenvalue weighted by atomic mass is 9.69. The Balaban J connectivity index is 1.15. The Kier molecular flexibility index (Phi) is 8.83. The van der Waals surface area contributed by atoms with E-state index >= 15 is 0 Å². The van der Waals surface area contributed by atoms with E-state index in [4.69, 9.17) is 0 Å². The number of nitrogens with one attached hydrogen (secondary N) is 2. The maximum Gasteiger partial charge on any atom is 0.449 e. The highest BCUT2D eigenvalue weighted by atomic mass is 32.2. The summed E-state index contributed by atoms with van der Waals surface area (Å²) in [6.07, 6.45) is 4.02. The van der Waals surface area contributed by atoms with E-state index in [9.17, 15) is 27.6 Å². The molecule has 2 aromatic rings. The number of alkyl halides is 3. The SMILES string of the molecule is CC1(C)[C@@H]2CC[C@@]1(C)[C@@H](NCCCCCCCSc1cccc3nc(C(F)(F)F)n(C4CCC(=O)NC4=O)c(=O)c13)C2. The zero-order valence-electron chi connectivity index (χ0n) is 24.6. The van der Waals surface area contributed by atoms with Crippen LogP contribution >= 0.6 is 11.8 Å². The molecule has 0 spiro atoms. The number of thioether (sulfide) groups is 1. The molecule has 2 bridgehead atoms. The van der Waals surface area contributed by atoms with Gasteiger partial charge in [0.2, 0.25) is 17.6 Å². The summed E-state index contributed by atoms with van der Waals surface area (Å²) in [6, 6.07) is 3.86. The number of amides is 2. The van der Waals surface area contributed by atoms with E-state index in [0.29, 0.717) is 32.1 Å². The van der Waals surface area contributed by atoms with Crippen LogP contribution in [-0.2, 0) is 15.8 Å². The molecule has 2 N–H and O–H groups in total. The summed E-state index contributed by atoms with van der Waals surface area (Å²) in [7, 11) is 0. The van der Waals surface area contributed by atoms with E-state index in [1.54, 1.807) is 12.1 Å². The summed E-state index contributed by atoms with van der Waals surface area (Å²) in [5.74, 6) is -1.37. The molecule has 230 valence electrons. The number of hydrogen-bond acceptors (Lipinski definition) is 6. The number of rotatable bonds is 11. The number of hydrogen-bond donors (Lipinski definition) is 2. The normalized spacial score (nSPS) is 27.1. The lowest BCUT2D eigenvalue weighted by molar-refractivity contribution is -0.150. The van der Waals surface area contributed by atoms with Gasteiger partial charge in [-0.05, 0) is 79.7 Å². The van der Waals surface area contributed by atoms with Gasteiger partial charge in [0.05, 0.1) is 10.9 Å². The standard InChI is InChI=1S/C31H41F3N4O3S/c1-29(2)19-14-15-30(29,3)23(18-19)35-16-7-5-4-6-8-17-42-22-11-9-10-20-25(22)27(41)38(28(36-20)31(32,33)34)21-12-13-24(39)37-26(21)40/h9-11,19,21,23,35H,4-8,12-18H2,1-3H3,(H,37,39,40)/t19-,21?,23+,30+/m1/s1. The minimum Gasteiger partial charge on any atom is -0.313 e. The molecule has 2 amide bonds. The number of benzene rings is 1. The molecule has 3 fully saturated rings. The van der Waals surface area contributed by atoms with Crippen molar-refractivity contribution >= 4 is 34.5 Å². The number of nitrogens with zero attached hydrogens (tertiary/aromatic N) is 2. The molecule has 7 nitrogen and oxygen atoms in total. The van der Waals surface area contributed by atoms with Crippen molar-refractivity contribution in [3.63, 3.8) is 0 Å². The van der Waals surface area contributed by atoms with Gasteiger partial charge in [-0.25, -0.2) is 4.98 Å². The number of carbonyl (C=O) groups excluding carboxylic acids is 2. The maximum absolute atomic E-state index is 13.9. The summed E-state index contributed by atoms with van der Waals surface area (Å²) in [4.78, 5) is 41.9. The van der Waals surface area contributed by atoms with Crippen molar-refractivity contribution in [3.8, 4) is 0 Å². The smallest absolute Gasteiger partial charge is 0.313 e. The van der Waals surface area contributed by atoms with Gasteiger partial charge in [-0.15, -0.1) is 11.8 Å². The lowest BCUT2D eigenvalue weighted by Gasteiger charge is -2.39. The fraction of sp³-hybridized carbons (Fsp3) is 0.677. The fourth-order valence-corrected chi connectivity index (χ4v) is 8.56. The summed E-state index contributed by atoms with van der Waals surface area (Å²) >= 11 is 1.42. The van der Waals surface area contributed by atoms with Crippen molar-refractivity contribution in [2.45, 2.75) is 108 Å². The first kappa shape index (κ1) is 31.0. The molecular formula is C31H41F3N4O3S. The third-order valence-corrected chi connectivity index (χ3v) is 11.6. The van der Waals surface area contributed by atoms with Crippen molar-refractivity contribution < 1.29 is 22.8 Å². The first-order valence-corrected chi connectivity index (χ1v) is 16.2. The minimum atomic E-state index is -4.95. The van der Waals surface area contributed by atoms with Crippen LogP contribution in [0.25, 0.3) is 10.9 Å². The average Bonchev–Trinajstić information content (AvgIpc) is 3.25. The summed E-state index contributed by atoms with van der Waals surface area (Å²) in [6.45, 7) is 8.38. The molecule has 42 heavy (non-hydrogen) atoms. The van der Waals surface area contributed by atoms with Gasteiger partial charge in [-0.3, -0.25) is 24.3 Å². The molecule has 5 rings (SSSR count). The second-order valence-corrected chi connectivity index (χ2v) is 14.1. The average molecular weight is 607 g/mol. The summed E-state index contributed by atoms with van der Waals surface area (Å²) in [5.41, 5.74) is -0.154. The largest absolute Gasteiger partial charge is 0.449 e. The van der Waals surface area contributed by atoms with Crippen LogP contribution in [0.2, 0.25) is 0 Å². The Morgan fingerprint density at radius 3 is 2.48 bits per heavy atom. The first-order valence-electron chi connectivity index (χ1n) is 15.2. The van der Waals surface area contributed by atoms with E-state index in [0.717, 1.165) is 44.6 Å². The molecule has 4 atom stereocenters. The van der Waals surface area contributed by atoms with Gasteiger partial charge in [0.15, 0.2) is 0 Å². The number of carbonyl (C=O) groups is 2. The molecule has 0 radical (unpaired) electrons. The number of unbranched alkanes of at least 4 members (excludes halogenated alkanes) is 4. The predicted octanol–water partition coefficient (Wildman–Crippen LogP) is 6.24. The van der Waals surface area contributed by atoms with Gasteiger partial charge in [-0.1, -0.05) is 46.1 Å². The minimum absolute atomic E-state index is 0.0545. The highest BCUT2D eigenvalue weighted by Crippen LogP contribution is 2.65. The van der Waals surface area contributed by atoms with Crippen LogP contribution in [0.5, 0.6) is 0 Å². The Hall–Kier alpha value is -2.40. The predicted molar refractivity (Wildman–Crippen MR) is 157 cm³/mol. The first-order chi connectivity index (χ1) is 19.8. The van der Waals surface area contributed by atoms with E-state index in [1.807, 2.05) is 5.32 Å². The molecule has 3 aliphatic rings. The van der Waals surface area contributed by atoms with Crippen molar-refractivity contribution in [2.75, 3.05) is 12.3 Å². The van der Waals surface area contributed by atoms with Gasteiger partial charge in [-0.2, -0.15) is 13.2 Å². The number of piperidine rings is 1. The van der Waals surface area contributed by atoms with Crippen LogP contribution in [0.1, 0.15) is 96.8 Å². The molecule has 2 heterocycles. The Morgan fingerprint density at radius 2 is 1.81 bits per heavy atom. The molecule has 1 saturated heterocycles. The van der Waals surface area contributed by atoms with E-state index < -0.39 is 35.4 Å². The van der Waals surface area contributed by atoms with Crippen LogP contribution < -0.4 is 16.2 Å². The number of halogens is 3. The zero-order chi connectivity index (χ0) is 30.3. The van der Waals surface area contributed by atoms with Gasteiger partial charge >= 0.3 is 6.18 Å². The van der Waals surface area contributed by atoms with Gasteiger partial charge < -0.3 is 5.32 Å². The quantitative estimate of drug-likeness (QED) is 0.179. The van der Waals surface area contributed by atoms with Crippen LogP contribution in [0.15, 0.2) is 27.9 Å². The van der Waals surface area contributed by atoms with E-state index in [1.165, 1.54) is 37.1 Å². The molecule has 1 aliphatic heterocycles. The Labute approximate surface area is 248 Å². The van der Waals surface area contributed by atoms with Crippen LogP contribution in [0.3, 0.4) is 0 Å². The summed E-state index contributed by atoms with van der Waals surface area (Å²) < 4.78 is 42.3. The van der Waals surface area contributed by atoms with Crippen LogP contribution in [-0.4, -0.2) is 39.7 Å². The summed E-state index contributed by atoms with van der Waals surface area (Å²) in [5, 5.41) is 5.97. The molecule has 11 heteroatoms. The zero-order valence-corrected chi connectivity index (χ0v) is 25.4. The van der Waals surface area contributed by atoms with Gasteiger partial charge in [0, 0.05) is 17.4 Å². The highest BCUT2D eigenvalue weighted by molar-refractivity contribution is 7.99. The number of aromatic nitrogens is 2. The number of fused-ring (bicyclic) bond motifs is 3. The molecule has 2 aliphatic carbocycles. The van der Waals surface area contributed by atoms with Crippen LogP contribution in [0, 0.1) is 16.7 Å². The monoisotopic (exact) mass is 606 g/mol. The lowest BCUT2D eigenvalue weighted by Crippen LogP contribution is -2.46. The van der Waals surface area contributed by atoms with Gasteiger partial charge in [0.25, 0.3) is 5.56 Å². The maximum atomic E-state index is 13.9. The molecule has 1 aromatic carbocycles. The van der Waals surface area contributed by atoms with Crippen LogP contribution in [0.4, 0.5) is 13.2 Å². The Morgan fingerprint density at radius 1 is 1.07 bits per heavy atom. The van der Waals surface area contributed by atoms with Crippen molar-refractivity contribution in [1.29, 1.82) is 0 Å². The van der Waals surface area contributed by atoms with E-state index in [2.05, 4.69) is 31.1 Å². The highest BCUT2D eigenvalue weighted by Gasteiger charge is 2.60. The molecule has 1 unspecified atom stereocenters. The second kappa shape index (κ2) is 11.9. The Bertz CT molecular complexity index is 1410. The van der Waals surface area contributed by atoms with Crippen molar-refractivity contribution in [2.24, 2.45) is 16.7 Å². The number of imide groups is 1. The van der Waals surface area contributed by atoms with Crippen molar-refractivity contribution in [3.05, 3.63) is 34.4 Å². The third-order valence-electron chi connectivity index (χ3n) is 10.4. The third kappa shape index (κ3) is 5.75. The molecule has 1 aromatic heterocycles. The van der Waals surface area contributed by atoms with E-state index in [-0.39, 0.29) is 23.7 Å². The second-order valence-electron chi connectivity index (χ2n) is 13.0. The van der Waals surface area contributed by atoms with Crippen molar-refractivity contribution in [1.82, 2.24) is 20.2 Å². The molecule has 2 saturated carbocycles.